The van der Waals surface area contributed by atoms with Gasteiger partial charge in [-0.05, 0) is 43.1 Å². The molecule has 0 spiro atoms. The Balaban J connectivity index is 2.79. The fraction of sp³-hybridized carbons (Fsp3) is 0.545. The third kappa shape index (κ3) is 4.30. The topological polar surface area (TPSA) is 64.1 Å². The SMILES string of the molecule is CCc1ncnc(NC(=O)OC(C)(C)C)c1Br. The van der Waals surface area contributed by atoms with E-state index in [0.717, 1.165) is 12.1 Å². The van der Waals surface area contributed by atoms with Crippen molar-refractivity contribution in [1.82, 2.24) is 9.97 Å². The van der Waals surface area contributed by atoms with E-state index >= 15 is 0 Å². The Kier molecular flexibility index (Phi) is 4.45. The van der Waals surface area contributed by atoms with Gasteiger partial charge in [-0.15, -0.1) is 0 Å². The Labute approximate surface area is 109 Å². The lowest BCUT2D eigenvalue weighted by atomic mass is 10.2. The number of aromatic nitrogens is 2. The molecule has 6 heteroatoms. The second-order valence-electron chi connectivity index (χ2n) is 4.46. The lowest BCUT2D eigenvalue weighted by Gasteiger charge is -2.19. The summed E-state index contributed by atoms with van der Waals surface area (Å²) in [4.78, 5) is 19.6. The van der Waals surface area contributed by atoms with Crippen LogP contribution in [0.15, 0.2) is 10.8 Å². The molecule has 0 fully saturated rings. The average molecular weight is 302 g/mol. The summed E-state index contributed by atoms with van der Waals surface area (Å²) < 4.78 is 5.83. The van der Waals surface area contributed by atoms with Crippen LogP contribution in [0.5, 0.6) is 0 Å². The molecule has 1 heterocycles. The van der Waals surface area contributed by atoms with Gasteiger partial charge in [0.1, 0.15) is 11.9 Å². The van der Waals surface area contributed by atoms with Crippen LogP contribution < -0.4 is 5.32 Å². The normalized spacial score (nSPS) is 11.1. The number of aryl methyl sites for hydroxylation is 1. The zero-order chi connectivity index (χ0) is 13.1. The van der Waals surface area contributed by atoms with Crippen LogP contribution in [0.3, 0.4) is 0 Å². The minimum Gasteiger partial charge on any atom is -0.444 e. The summed E-state index contributed by atoms with van der Waals surface area (Å²) in [6.07, 6.45) is 1.64. The van der Waals surface area contributed by atoms with E-state index in [-0.39, 0.29) is 0 Å². The van der Waals surface area contributed by atoms with E-state index in [2.05, 4.69) is 31.2 Å². The summed E-state index contributed by atoms with van der Waals surface area (Å²) in [6.45, 7) is 7.39. The summed E-state index contributed by atoms with van der Waals surface area (Å²) >= 11 is 3.35. The number of hydrogen-bond donors (Lipinski definition) is 1. The van der Waals surface area contributed by atoms with Gasteiger partial charge >= 0.3 is 6.09 Å². The van der Waals surface area contributed by atoms with Crippen molar-refractivity contribution in [1.29, 1.82) is 0 Å². The van der Waals surface area contributed by atoms with Gasteiger partial charge in [0.15, 0.2) is 5.82 Å². The highest BCUT2D eigenvalue weighted by Crippen LogP contribution is 2.23. The van der Waals surface area contributed by atoms with Gasteiger partial charge in [-0.3, -0.25) is 5.32 Å². The van der Waals surface area contributed by atoms with E-state index in [1.54, 1.807) is 20.8 Å². The summed E-state index contributed by atoms with van der Waals surface area (Å²) in [7, 11) is 0. The molecule has 0 atom stereocenters. The number of amides is 1. The number of ether oxygens (including phenoxy) is 1. The third-order valence-electron chi connectivity index (χ3n) is 1.82. The number of halogens is 1. The molecule has 1 amide bonds. The molecule has 0 radical (unpaired) electrons. The molecule has 1 aromatic heterocycles. The van der Waals surface area contributed by atoms with Gasteiger partial charge in [0.2, 0.25) is 0 Å². The van der Waals surface area contributed by atoms with Crippen molar-refractivity contribution in [3.8, 4) is 0 Å². The maximum atomic E-state index is 11.6. The highest BCUT2D eigenvalue weighted by atomic mass is 79.9. The predicted molar refractivity (Wildman–Crippen MR) is 69.0 cm³/mol. The first-order valence-corrected chi connectivity index (χ1v) is 6.12. The van der Waals surface area contributed by atoms with E-state index in [4.69, 9.17) is 4.74 Å². The van der Waals surface area contributed by atoms with Crippen LogP contribution in [0.4, 0.5) is 10.6 Å². The van der Waals surface area contributed by atoms with Crippen molar-refractivity contribution in [2.24, 2.45) is 0 Å². The van der Waals surface area contributed by atoms with Gasteiger partial charge < -0.3 is 4.74 Å². The lowest BCUT2D eigenvalue weighted by Crippen LogP contribution is -2.27. The lowest BCUT2D eigenvalue weighted by molar-refractivity contribution is 0.0635. The van der Waals surface area contributed by atoms with Gasteiger partial charge in [-0.1, -0.05) is 6.92 Å². The number of anilines is 1. The molecule has 0 saturated heterocycles. The third-order valence-corrected chi connectivity index (χ3v) is 2.65. The average Bonchev–Trinajstić information content (AvgIpc) is 2.18. The standard InChI is InChI=1S/C11H16BrN3O2/c1-5-7-8(12)9(14-6-13-7)15-10(16)17-11(2,3)4/h6H,5H2,1-4H3,(H,13,14,15,16). The quantitative estimate of drug-likeness (QED) is 0.911. The van der Waals surface area contributed by atoms with Crippen molar-refractivity contribution >= 4 is 27.8 Å². The molecule has 17 heavy (non-hydrogen) atoms. The van der Waals surface area contributed by atoms with Crippen molar-refractivity contribution in [2.45, 2.75) is 39.7 Å². The predicted octanol–water partition coefficient (Wildman–Crippen LogP) is 3.15. The first-order valence-electron chi connectivity index (χ1n) is 5.33. The molecule has 0 aromatic carbocycles. The first-order chi connectivity index (χ1) is 7.83. The molecule has 0 bridgehead atoms. The van der Waals surface area contributed by atoms with Crippen LogP contribution in [0.1, 0.15) is 33.4 Å². The molecule has 0 aliphatic heterocycles. The Hall–Kier alpha value is -1.17. The van der Waals surface area contributed by atoms with E-state index in [1.807, 2.05) is 6.92 Å². The van der Waals surface area contributed by atoms with Crippen molar-refractivity contribution < 1.29 is 9.53 Å². The minimum absolute atomic E-state index is 0.422. The zero-order valence-corrected chi connectivity index (χ0v) is 12.0. The monoisotopic (exact) mass is 301 g/mol. The van der Waals surface area contributed by atoms with Gasteiger partial charge in [-0.2, -0.15) is 0 Å². The molecule has 1 N–H and O–H groups in total. The molecule has 5 nitrogen and oxygen atoms in total. The molecule has 0 saturated carbocycles. The van der Waals surface area contributed by atoms with E-state index in [9.17, 15) is 4.79 Å². The minimum atomic E-state index is -0.531. The van der Waals surface area contributed by atoms with Gasteiger partial charge in [0.05, 0.1) is 10.2 Å². The van der Waals surface area contributed by atoms with E-state index in [0.29, 0.717) is 10.3 Å². The number of rotatable bonds is 2. The second kappa shape index (κ2) is 5.44. The largest absolute Gasteiger partial charge is 0.444 e. The highest BCUT2D eigenvalue weighted by molar-refractivity contribution is 9.10. The van der Waals surface area contributed by atoms with Crippen LogP contribution in [0, 0.1) is 0 Å². The molecule has 94 valence electrons. The molecule has 0 aliphatic rings. The van der Waals surface area contributed by atoms with Crippen LogP contribution in [0.2, 0.25) is 0 Å². The maximum absolute atomic E-state index is 11.6. The summed E-state index contributed by atoms with van der Waals surface area (Å²) in [6, 6.07) is 0. The number of carbonyl (C=O) groups is 1. The van der Waals surface area contributed by atoms with Crippen LogP contribution in [0.25, 0.3) is 0 Å². The Bertz CT molecular complexity index is 416. The number of hydrogen-bond acceptors (Lipinski definition) is 4. The van der Waals surface area contributed by atoms with E-state index in [1.165, 1.54) is 6.33 Å². The number of nitrogens with zero attached hydrogens (tertiary/aromatic N) is 2. The maximum Gasteiger partial charge on any atom is 0.413 e. The summed E-state index contributed by atoms with van der Waals surface area (Å²) in [5.74, 6) is 0.422. The highest BCUT2D eigenvalue weighted by Gasteiger charge is 2.18. The zero-order valence-electron chi connectivity index (χ0n) is 10.4. The number of carbonyl (C=O) groups excluding carboxylic acids is 1. The van der Waals surface area contributed by atoms with Crippen LogP contribution >= 0.6 is 15.9 Å². The van der Waals surface area contributed by atoms with Gasteiger partial charge in [0.25, 0.3) is 0 Å². The molecule has 0 aliphatic carbocycles. The smallest absolute Gasteiger partial charge is 0.413 e. The van der Waals surface area contributed by atoms with Crippen molar-refractivity contribution in [2.75, 3.05) is 5.32 Å². The molecule has 0 unspecified atom stereocenters. The van der Waals surface area contributed by atoms with E-state index < -0.39 is 11.7 Å². The van der Waals surface area contributed by atoms with Gasteiger partial charge in [-0.25, -0.2) is 14.8 Å². The van der Waals surface area contributed by atoms with Crippen molar-refractivity contribution in [3.05, 3.63) is 16.5 Å². The van der Waals surface area contributed by atoms with Gasteiger partial charge in [0, 0.05) is 0 Å². The Morgan fingerprint density at radius 1 is 1.47 bits per heavy atom. The number of nitrogens with one attached hydrogen (secondary N) is 1. The second-order valence-corrected chi connectivity index (χ2v) is 5.26. The molecule has 1 aromatic rings. The fourth-order valence-corrected chi connectivity index (χ4v) is 1.72. The Morgan fingerprint density at radius 3 is 2.65 bits per heavy atom. The van der Waals surface area contributed by atoms with Crippen LogP contribution in [-0.2, 0) is 11.2 Å². The van der Waals surface area contributed by atoms with Crippen molar-refractivity contribution in [3.63, 3.8) is 0 Å². The first kappa shape index (κ1) is 13.9. The molecular weight excluding hydrogens is 286 g/mol. The van der Waals surface area contributed by atoms with Crippen LogP contribution in [-0.4, -0.2) is 21.7 Å². The summed E-state index contributed by atoms with van der Waals surface area (Å²) in [5, 5.41) is 2.58. The molecule has 1 rings (SSSR count). The summed E-state index contributed by atoms with van der Waals surface area (Å²) in [5.41, 5.74) is 0.308. The Morgan fingerprint density at radius 2 is 2.12 bits per heavy atom. The molecular formula is C11H16BrN3O2. The fourth-order valence-electron chi connectivity index (χ4n) is 1.14.